The molecule has 0 aliphatic heterocycles. The molecule has 0 unspecified atom stereocenters. The van der Waals surface area contributed by atoms with Gasteiger partial charge in [0.05, 0.1) is 11.3 Å². The predicted molar refractivity (Wildman–Crippen MR) is 84.3 cm³/mol. The number of aromatic hydroxyl groups is 1. The number of aliphatic hydroxyl groups is 1. The summed E-state index contributed by atoms with van der Waals surface area (Å²) in [6, 6.07) is 8.80. The van der Waals surface area contributed by atoms with E-state index in [4.69, 9.17) is 0 Å². The van der Waals surface area contributed by atoms with Crippen LogP contribution < -0.4 is 4.74 Å². The van der Waals surface area contributed by atoms with Crippen molar-refractivity contribution in [3.8, 4) is 11.5 Å². The third kappa shape index (κ3) is 3.87. The Hall–Kier alpha value is -2.28. The lowest BCUT2D eigenvalue weighted by atomic mass is 9.55. The zero-order chi connectivity index (χ0) is 18.3. The molecule has 1 saturated carbocycles. The van der Waals surface area contributed by atoms with E-state index < -0.39 is 17.4 Å². The van der Waals surface area contributed by atoms with Gasteiger partial charge in [0, 0.05) is 18.0 Å². The van der Waals surface area contributed by atoms with Crippen LogP contribution in [0.2, 0.25) is 0 Å². The number of benzene rings is 1. The summed E-state index contributed by atoms with van der Waals surface area (Å²) in [6.45, 7) is 1.71. The van der Waals surface area contributed by atoms with Gasteiger partial charge in [-0.1, -0.05) is 12.1 Å². The summed E-state index contributed by atoms with van der Waals surface area (Å²) in [5.41, 5.74) is -0.0790. The van der Waals surface area contributed by atoms with Crippen molar-refractivity contribution in [1.82, 2.24) is 4.98 Å². The van der Waals surface area contributed by atoms with E-state index in [9.17, 15) is 23.4 Å². The summed E-state index contributed by atoms with van der Waals surface area (Å²) in [5.74, 6) is -0.233. The second-order valence-corrected chi connectivity index (χ2v) is 6.85. The molecule has 7 heteroatoms. The van der Waals surface area contributed by atoms with E-state index in [2.05, 4.69) is 9.72 Å². The quantitative estimate of drug-likeness (QED) is 0.880. The van der Waals surface area contributed by atoms with Crippen LogP contribution in [0.1, 0.15) is 31.0 Å². The second-order valence-electron chi connectivity index (χ2n) is 6.85. The first-order valence-corrected chi connectivity index (χ1v) is 7.80. The molecular formula is C18H18F3NO3. The fourth-order valence-corrected chi connectivity index (χ4v) is 3.73. The van der Waals surface area contributed by atoms with Gasteiger partial charge in [0.25, 0.3) is 0 Å². The molecule has 3 rings (SSSR count). The van der Waals surface area contributed by atoms with Crippen LogP contribution in [0.4, 0.5) is 13.2 Å². The van der Waals surface area contributed by atoms with E-state index in [0.717, 1.165) is 5.56 Å². The standard InChI is InChI=1S/C18H18F3NO3/c1-16(24)10-17(11-16,9-14-15(23)3-2-8-22-14)12-4-6-13(7-5-12)25-18(19,20)21/h2-8,23-24H,9-11H2,1H3. The van der Waals surface area contributed by atoms with Crippen LogP contribution in [0.15, 0.2) is 42.6 Å². The summed E-state index contributed by atoms with van der Waals surface area (Å²) in [7, 11) is 0. The Morgan fingerprint density at radius 1 is 1.16 bits per heavy atom. The van der Waals surface area contributed by atoms with Crippen molar-refractivity contribution in [2.24, 2.45) is 0 Å². The van der Waals surface area contributed by atoms with Crippen molar-refractivity contribution < 1.29 is 28.1 Å². The zero-order valence-electron chi connectivity index (χ0n) is 13.5. The summed E-state index contributed by atoms with van der Waals surface area (Å²) in [4.78, 5) is 4.18. The average molecular weight is 353 g/mol. The van der Waals surface area contributed by atoms with Gasteiger partial charge in [-0.3, -0.25) is 4.98 Å². The molecule has 1 aromatic heterocycles. The summed E-state index contributed by atoms with van der Waals surface area (Å²) >= 11 is 0. The Bertz CT molecular complexity index is 749. The monoisotopic (exact) mass is 353 g/mol. The first kappa shape index (κ1) is 17.5. The maximum Gasteiger partial charge on any atom is 0.573 e. The van der Waals surface area contributed by atoms with Crippen molar-refractivity contribution in [3.05, 3.63) is 53.9 Å². The molecule has 1 fully saturated rings. The molecule has 1 aliphatic rings. The van der Waals surface area contributed by atoms with Gasteiger partial charge in [0.15, 0.2) is 0 Å². The highest BCUT2D eigenvalue weighted by Gasteiger charge is 2.52. The molecule has 0 radical (unpaired) electrons. The lowest BCUT2D eigenvalue weighted by Gasteiger charge is -2.52. The number of hydrogen-bond donors (Lipinski definition) is 2. The maximum absolute atomic E-state index is 12.3. The van der Waals surface area contributed by atoms with E-state index in [1.54, 1.807) is 31.3 Å². The molecule has 4 nitrogen and oxygen atoms in total. The molecule has 0 bridgehead atoms. The smallest absolute Gasteiger partial charge is 0.506 e. The number of ether oxygens (including phenoxy) is 1. The van der Waals surface area contributed by atoms with Gasteiger partial charge < -0.3 is 14.9 Å². The van der Waals surface area contributed by atoms with Gasteiger partial charge in [-0.25, -0.2) is 0 Å². The number of nitrogens with zero attached hydrogens (tertiary/aromatic N) is 1. The molecule has 0 atom stereocenters. The van der Waals surface area contributed by atoms with Crippen molar-refractivity contribution in [2.75, 3.05) is 0 Å². The molecule has 1 heterocycles. The fourth-order valence-electron chi connectivity index (χ4n) is 3.73. The van der Waals surface area contributed by atoms with Crippen molar-refractivity contribution >= 4 is 0 Å². The van der Waals surface area contributed by atoms with Crippen LogP contribution in [0.3, 0.4) is 0 Å². The number of hydrogen-bond acceptors (Lipinski definition) is 4. The van der Waals surface area contributed by atoms with Crippen LogP contribution in [-0.2, 0) is 11.8 Å². The third-order valence-electron chi connectivity index (χ3n) is 4.51. The van der Waals surface area contributed by atoms with Gasteiger partial charge in [-0.15, -0.1) is 13.2 Å². The molecular weight excluding hydrogens is 335 g/mol. The van der Waals surface area contributed by atoms with Crippen LogP contribution in [-0.4, -0.2) is 27.2 Å². The SMILES string of the molecule is CC1(O)CC(Cc2ncccc2O)(c2ccc(OC(F)(F)F)cc2)C1. The third-order valence-corrected chi connectivity index (χ3v) is 4.51. The minimum atomic E-state index is -4.74. The van der Waals surface area contributed by atoms with Gasteiger partial charge in [-0.2, -0.15) is 0 Å². The van der Waals surface area contributed by atoms with Crippen LogP contribution >= 0.6 is 0 Å². The lowest BCUT2D eigenvalue weighted by molar-refractivity contribution is -0.274. The Labute approximate surface area is 142 Å². The van der Waals surface area contributed by atoms with Crippen LogP contribution in [0.5, 0.6) is 11.5 Å². The Morgan fingerprint density at radius 2 is 1.80 bits per heavy atom. The van der Waals surface area contributed by atoms with Crippen LogP contribution in [0, 0.1) is 0 Å². The number of pyridine rings is 1. The predicted octanol–water partition coefficient (Wildman–Crippen LogP) is 3.71. The minimum absolute atomic E-state index is 0.0606. The Morgan fingerprint density at radius 3 is 2.32 bits per heavy atom. The first-order chi connectivity index (χ1) is 11.6. The van der Waals surface area contributed by atoms with Gasteiger partial charge in [0.1, 0.15) is 11.5 Å². The first-order valence-electron chi connectivity index (χ1n) is 7.80. The maximum atomic E-state index is 12.3. The summed E-state index contributed by atoms with van der Waals surface area (Å²) in [5, 5.41) is 20.2. The Balaban J connectivity index is 1.88. The van der Waals surface area contributed by atoms with E-state index in [1.165, 1.54) is 18.2 Å². The largest absolute Gasteiger partial charge is 0.573 e. The van der Waals surface area contributed by atoms with E-state index in [1.807, 2.05) is 0 Å². The summed E-state index contributed by atoms with van der Waals surface area (Å²) in [6.07, 6.45) is -1.93. The number of alkyl halides is 3. The molecule has 0 saturated heterocycles. The number of rotatable bonds is 4. The van der Waals surface area contributed by atoms with Gasteiger partial charge in [0.2, 0.25) is 0 Å². The van der Waals surface area contributed by atoms with Gasteiger partial charge >= 0.3 is 6.36 Å². The van der Waals surface area contributed by atoms with E-state index in [0.29, 0.717) is 25.0 Å². The highest BCUT2D eigenvalue weighted by atomic mass is 19.4. The highest BCUT2D eigenvalue weighted by Crippen LogP contribution is 2.52. The molecule has 1 aliphatic carbocycles. The molecule has 0 spiro atoms. The van der Waals surface area contributed by atoms with Crippen molar-refractivity contribution in [2.45, 2.75) is 43.6 Å². The molecule has 25 heavy (non-hydrogen) atoms. The topological polar surface area (TPSA) is 62.6 Å². The molecule has 2 N–H and O–H groups in total. The normalized spacial score (nSPS) is 26.1. The highest BCUT2D eigenvalue weighted by molar-refractivity contribution is 5.39. The Kier molecular flexibility index (Phi) is 4.15. The minimum Gasteiger partial charge on any atom is -0.506 e. The van der Waals surface area contributed by atoms with Crippen molar-refractivity contribution in [1.29, 1.82) is 0 Å². The summed E-state index contributed by atoms with van der Waals surface area (Å²) < 4.78 is 40.8. The molecule has 134 valence electrons. The number of halogens is 3. The van der Waals surface area contributed by atoms with E-state index >= 15 is 0 Å². The van der Waals surface area contributed by atoms with Gasteiger partial charge in [-0.05, 0) is 49.6 Å². The van der Waals surface area contributed by atoms with Crippen LogP contribution in [0.25, 0.3) is 0 Å². The molecule has 2 aromatic rings. The zero-order valence-corrected chi connectivity index (χ0v) is 13.5. The molecule has 0 amide bonds. The van der Waals surface area contributed by atoms with Crippen molar-refractivity contribution in [3.63, 3.8) is 0 Å². The number of aromatic nitrogens is 1. The average Bonchev–Trinajstić information content (AvgIpc) is 2.46. The van der Waals surface area contributed by atoms with E-state index in [-0.39, 0.29) is 11.5 Å². The second kappa shape index (κ2) is 5.91. The fraction of sp³-hybridized carbons (Fsp3) is 0.389. The lowest BCUT2D eigenvalue weighted by Crippen LogP contribution is -2.54. The molecule has 1 aromatic carbocycles.